The minimum Gasteiger partial charge on any atom is -0.435 e. The summed E-state index contributed by atoms with van der Waals surface area (Å²) in [5.41, 5.74) is 6.26. The average molecular weight is 356 g/mol. The zero-order chi connectivity index (χ0) is 18.2. The van der Waals surface area contributed by atoms with Crippen LogP contribution in [-0.2, 0) is 16.0 Å². The van der Waals surface area contributed by atoms with E-state index in [2.05, 4.69) is 10.1 Å². The lowest BCUT2D eigenvalue weighted by Gasteiger charge is -2.27. The zero-order valence-corrected chi connectivity index (χ0v) is 14.0. The van der Waals surface area contributed by atoms with Crippen LogP contribution in [0, 0.1) is 5.92 Å². The molecule has 6 nitrogen and oxygen atoms in total. The number of carbonyl (C=O) groups excluding carboxylic acids is 2. The quantitative estimate of drug-likeness (QED) is 0.599. The molecule has 1 aliphatic heterocycles. The predicted octanol–water partition coefficient (Wildman–Crippen LogP) is -0.273. The molecule has 0 aromatic heterocycles. The van der Waals surface area contributed by atoms with Crippen molar-refractivity contribution < 1.29 is 28.0 Å². The first-order valence-electron chi connectivity index (χ1n) is 8.37. The van der Waals surface area contributed by atoms with E-state index in [-0.39, 0.29) is 23.5 Å². The van der Waals surface area contributed by atoms with Gasteiger partial charge in [0.05, 0.1) is 19.0 Å². The van der Waals surface area contributed by atoms with Crippen molar-refractivity contribution in [3.05, 3.63) is 29.8 Å². The highest BCUT2D eigenvalue weighted by Crippen LogP contribution is 2.14. The molecule has 1 heterocycles. The molecule has 0 aliphatic carbocycles. The van der Waals surface area contributed by atoms with Crippen LogP contribution in [0.25, 0.3) is 0 Å². The summed E-state index contributed by atoms with van der Waals surface area (Å²) < 4.78 is 28.4. The Hall–Kier alpha value is -2.22. The molecule has 1 aromatic carbocycles. The van der Waals surface area contributed by atoms with Gasteiger partial charge in [0.2, 0.25) is 5.91 Å². The Bertz CT molecular complexity index is 581. The van der Waals surface area contributed by atoms with E-state index in [4.69, 9.17) is 5.73 Å². The van der Waals surface area contributed by atoms with E-state index in [1.165, 1.54) is 12.1 Å². The van der Waals surface area contributed by atoms with E-state index in [1.54, 1.807) is 12.1 Å². The summed E-state index contributed by atoms with van der Waals surface area (Å²) in [7, 11) is 0. The van der Waals surface area contributed by atoms with Crippen molar-refractivity contribution in [3.8, 4) is 5.75 Å². The van der Waals surface area contributed by atoms with Crippen molar-refractivity contribution in [1.82, 2.24) is 5.32 Å². The van der Waals surface area contributed by atoms with Gasteiger partial charge in [0, 0.05) is 6.54 Å². The Morgan fingerprint density at radius 3 is 2.68 bits per heavy atom. The monoisotopic (exact) mass is 356 g/mol. The molecular formula is C17H24F2N3O3+. The highest BCUT2D eigenvalue weighted by Gasteiger charge is 2.28. The number of carbonyl (C=O) groups is 2. The van der Waals surface area contributed by atoms with Crippen LogP contribution in [0.15, 0.2) is 24.3 Å². The molecule has 1 aliphatic rings. The second kappa shape index (κ2) is 9.31. The largest absolute Gasteiger partial charge is 0.435 e. The number of benzene rings is 1. The van der Waals surface area contributed by atoms with Gasteiger partial charge in [-0.1, -0.05) is 12.1 Å². The summed E-state index contributed by atoms with van der Waals surface area (Å²) in [6, 6.07) is 6.34. The molecule has 2 atom stereocenters. The number of halogens is 2. The van der Waals surface area contributed by atoms with Crippen LogP contribution in [-0.4, -0.2) is 44.6 Å². The number of hydrogen-bond acceptors (Lipinski definition) is 3. The van der Waals surface area contributed by atoms with Crippen LogP contribution in [0.1, 0.15) is 18.4 Å². The van der Waals surface area contributed by atoms with Crippen molar-refractivity contribution in [2.45, 2.75) is 25.9 Å². The van der Waals surface area contributed by atoms with Crippen LogP contribution < -0.4 is 20.7 Å². The first kappa shape index (κ1) is 19.1. The van der Waals surface area contributed by atoms with Crippen LogP contribution in [0.3, 0.4) is 0 Å². The van der Waals surface area contributed by atoms with Gasteiger partial charge in [-0.05, 0) is 37.0 Å². The molecule has 0 saturated carbocycles. The van der Waals surface area contributed by atoms with Crippen molar-refractivity contribution >= 4 is 11.8 Å². The summed E-state index contributed by atoms with van der Waals surface area (Å²) >= 11 is 0. The van der Waals surface area contributed by atoms with Crippen molar-refractivity contribution in [1.29, 1.82) is 0 Å². The summed E-state index contributed by atoms with van der Waals surface area (Å²) in [5, 5.41) is 2.84. The lowest BCUT2D eigenvalue weighted by Crippen LogP contribution is -3.15. The normalized spacial score (nSPS) is 20.3. The number of likely N-dealkylation sites (tertiary alicyclic amines) is 1. The maximum atomic E-state index is 12.1. The van der Waals surface area contributed by atoms with Gasteiger partial charge in [-0.15, -0.1) is 0 Å². The minimum absolute atomic E-state index is 0.0715. The zero-order valence-electron chi connectivity index (χ0n) is 14.0. The predicted molar refractivity (Wildman–Crippen MR) is 87.3 cm³/mol. The number of alkyl halides is 2. The maximum absolute atomic E-state index is 12.1. The Morgan fingerprint density at radius 1 is 1.32 bits per heavy atom. The Balaban J connectivity index is 1.69. The minimum atomic E-state index is -2.84. The second-order valence-corrected chi connectivity index (χ2v) is 6.24. The third-order valence-corrected chi connectivity index (χ3v) is 4.32. The summed E-state index contributed by atoms with van der Waals surface area (Å²) in [5.74, 6) is -0.402. The summed E-state index contributed by atoms with van der Waals surface area (Å²) in [4.78, 5) is 24.3. The highest BCUT2D eigenvalue weighted by atomic mass is 19.3. The molecule has 0 spiro atoms. The lowest BCUT2D eigenvalue weighted by atomic mass is 9.97. The molecular weight excluding hydrogens is 332 g/mol. The molecule has 1 saturated heterocycles. The van der Waals surface area contributed by atoms with Gasteiger partial charge in [-0.2, -0.15) is 8.78 Å². The first-order chi connectivity index (χ1) is 11.9. The van der Waals surface area contributed by atoms with Gasteiger partial charge in [-0.25, -0.2) is 0 Å². The number of rotatable bonds is 8. The van der Waals surface area contributed by atoms with Crippen LogP contribution >= 0.6 is 0 Å². The fraction of sp³-hybridized carbons (Fsp3) is 0.529. The van der Waals surface area contributed by atoms with Gasteiger partial charge < -0.3 is 20.7 Å². The van der Waals surface area contributed by atoms with E-state index < -0.39 is 6.61 Å². The standard InChI is InChI=1S/C17H23F2N3O3/c18-17(19)25-14-5-3-12(4-6-14)7-8-21-15(23)11-22-9-1-2-13(10-22)16(20)24/h3-6,13,17H,1-2,7-11H2,(H2,20,24)(H,21,23)/p+1/t13-/m1/s1. The van der Waals surface area contributed by atoms with Gasteiger partial charge in [0.1, 0.15) is 5.75 Å². The molecule has 2 amide bonds. The Labute approximate surface area is 145 Å². The number of primary amides is 1. The molecule has 25 heavy (non-hydrogen) atoms. The summed E-state index contributed by atoms with van der Waals surface area (Å²) in [6.07, 6.45) is 2.29. The SMILES string of the molecule is NC(=O)[C@@H]1CCC[NH+](CC(=O)NCCc2ccc(OC(F)F)cc2)C1. The molecule has 1 unspecified atom stereocenters. The number of amides is 2. The molecule has 138 valence electrons. The van der Waals surface area contributed by atoms with Crippen molar-refractivity contribution in [3.63, 3.8) is 0 Å². The third kappa shape index (κ3) is 6.66. The van der Waals surface area contributed by atoms with Crippen LogP contribution in [0.2, 0.25) is 0 Å². The molecule has 4 N–H and O–H groups in total. The van der Waals surface area contributed by atoms with Gasteiger partial charge in [0.25, 0.3) is 5.91 Å². The van der Waals surface area contributed by atoms with E-state index in [1.807, 2.05) is 0 Å². The number of hydrogen-bond donors (Lipinski definition) is 3. The maximum Gasteiger partial charge on any atom is 0.387 e. The molecule has 8 heteroatoms. The topological polar surface area (TPSA) is 85.9 Å². The molecule has 0 bridgehead atoms. The van der Waals surface area contributed by atoms with Gasteiger partial charge in [0.15, 0.2) is 6.54 Å². The van der Waals surface area contributed by atoms with E-state index >= 15 is 0 Å². The highest BCUT2D eigenvalue weighted by molar-refractivity contribution is 5.77. The van der Waals surface area contributed by atoms with Crippen molar-refractivity contribution in [2.24, 2.45) is 11.7 Å². The molecule has 2 rings (SSSR count). The fourth-order valence-corrected chi connectivity index (χ4v) is 3.03. The van der Waals surface area contributed by atoms with E-state index in [9.17, 15) is 18.4 Å². The molecule has 0 radical (unpaired) electrons. The van der Waals surface area contributed by atoms with Crippen molar-refractivity contribution in [2.75, 3.05) is 26.2 Å². The molecule has 1 fully saturated rings. The van der Waals surface area contributed by atoms with Crippen LogP contribution in [0.4, 0.5) is 8.78 Å². The lowest BCUT2D eigenvalue weighted by molar-refractivity contribution is -0.899. The van der Waals surface area contributed by atoms with E-state index in [0.717, 1.165) is 29.8 Å². The first-order valence-corrected chi connectivity index (χ1v) is 8.37. The summed E-state index contributed by atoms with van der Waals surface area (Å²) in [6.45, 7) is -0.584. The number of nitrogens with one attached hydrogen (secondary N) is 2. The van der Waals surface area contributed by atoms with Crippen LogP contribution in [0.5, 0.6) is 5.75 Å². The number of piperidine rings is 1. The number of nitrogens with two attached hydrogens (primary N) is 1. The van der Waals surface area contributed by atoms with Gasteiger partial charge in [-0.3, -0.25) is 9.59 Å². The van der Waals surface area contributed by atoms with E-state index in [0.29, 0.717) is 26.1 Å². The molecule has 1 aromatic rings. The number of quaternary nitrogens is 1. The number of ether oxygens (including phenoxy) is 1. The second-order valence-electron chi connectivity index (χ2n) is 6.24. The smallest absolute Gasteiger partial charge is 0.387 e. The van der Waals surface area contributed by atoms with Gasteiger partial charge >= 0.3 is 6.61 Å². The third-order valence-electron chi connectivity index (χ3n) is 4.32. The average Bonchev–Trinajstić information content (AvgIpc) is 2.56. The Morgan fingerprint density at radius 2 is 2.04 bits per heavy atom. The Kier molecular flexibility index (Phi) is 7.12. The fourth-order valence-electron chi connectivity index (χ4n) is 3.03.